The molecular formula is C23H26N8O2. The maximum atomic E-state index is 9.52. The predicted molar refractivity (Wildman–Crippen MR) is 124 cm³/mol. The van der Waals surface area contributed by atoms with Crippen LogP contribution in [-0.4, -0.2) is 53.0 Å². The van der Waals surface area contributed by atoms with Gasteiger partial charge in [0.15, 0.2) is 0 Å². The van der Waals surface area contributed by atoms with Gasteiger partial charge in [0.1, 0.15) is 17.6 Å². The molecule has 0 bridgehead atoms. The number of fused-ring (bicyclic) bond motifs is 1. The number of rotatable bonds is 8. The molecule has 0 saturated carbocycles. The van der Waals surface area contributed by atoms with Gasteiger partial charge in [-0.2, -0.15) is 10.4 Å². The number of nitrogens with zero attached hydrogens (tertiary/aromatic N) is 8. The van der Waals surface area contributed by atoms with Crippen LogP contribution in [-0.2, 0) is 4.74 Å². The van der Waals surface area contributed by atoms with Crippen molar-refractivity contribution in [2.24, 2.45) is 11.0 Å². The third kappa shape index (κ3) is 4.70. The third-order valence-electron chi connectivity index (χ3n) is 5.48. The first kappa shape index (κ1) is 22.4. The van der Waals surface area contributed by atoms with E-state index in [1.54, 1.807) is 23.1 Å². The highest BCUT2D eigenvalue weighted by Gasteiger charge is 2.33. The number of ether oxygens (including phenoxy) is 2. The minimum atomic E-state index is -0.261. The van der Waals surface area contributed by atoms with E-state index in [4.69, 9.17) is 15.0 Å². The summed E-state index contributed by atoms with van der Waals surface area (Å²) in [7, 11) is 0. The van der Waals surface area contributed by atoms with Crippen molar-refractivity contribution < 1.29 is 9.47 Å². The second-order valence-corrected chi connectivity index (χ2v) is 8.33. The molecule has 3 aromatic rings. The summed E-state index contributed by atoms with van der Waals surface area (Å²) in [5.74, 6) is 1.84. The first-order valence-electron chi connectivity index (χ1n) is 11.0. The Kier molecular flexibility index (Phi) is 6.63. The number of azide groups is 1. The van der Waals surface area contributed by atoms with Crippen LogP contribution in [0.5, 0.6) is 5.75 Å². The van der Waals surface area contributed by atoms with Crippen LogP contribution in [0.2, 0.25) is 0 Å². The molecule has 4 heterocycles. The molecule has 0 N–H and O–H groups in total. The van der Waals surface area contributed by atoms with Crippen molar-refractivity contribution in [1.29, 1.82) is 5.26 Å². The number of aromatic nitrogens is 3. The van der Waals surface area contributed by atoms with Crippen molar-refractivity contribution in [1.82, 2.24) is 14.6 Å². The van der Waals surface area contributed by atoms with Gasteiger partial charge in [0, 0.05) is 41.9 Å². The second-order valence-electron chi connectivity index (χ2n) is 8.33. The Morgan fingerprint density at radius 3 is 2.85 bits per heavy atom. The van der Waals surface area contributed by atoms with E-state index in [-0.39, 0.29) is 12.1 Å². The van der Waals surface area contributed by atoms with Gasteiger partial charge in [-0.3, -0.25) is 0 Å². The van der Waals surface area contributed by atoms with E-state index >= 15 is 0 Å². The minimum absolute atomic E-state index is 0.169. The molecule has 1 saturated heterocycles. The van der Waals surface area contributed by atoms with E-state index in [9.17, 15) is 5.26 Å². The lowest BCUT2D eigenvalue weighted by atomic mass is 10.1. The molecule has 0 aromatic carbocycles. The van der Waals surface area contributed by atoms with Gasteiger partial charge in [-0.1, -0.05) is 19.0 Å². The summed E-state index contributed by atoms with van der Waals surface area (Å²) in [5.41, 5.74) is 11.8. The van der Waals surface area contributed by atoms with E-state index in [0.29, 0.717) is 49.1 Å². The first-order valence-corrected chi connectivity index (χ1v) is 11.0. The summed E-state index contributed by atoms with van der Waals surface area (Å²) in [4.78, 5) is 9.73. The molecule has 0 aliphatic carbocycles. The van der Waals surface area contributed by atoms with Crippen molar-refractivity contribution in [2.45, 2.75) is 32.9 Å². The molecule has 10 heteroatoms. The summed E-state index contributed by atoms with van der Waals surface area (Å²) in [6.45, 7) is 8.38. The van der Waals surface area contributed by atoms with E-state index < -0.39 is 0 Å². The van der Waals surface area contributed by atoms with E-state index in [1.165, 1.54) is 0 Å². The van der Waals surface area contributed by atoms with Gasteiger partial charge in [0.25, 0.3) is 0 Å². The van der Waals surface area contributed by atoms with Gasteiger partial charge in [0.05, 0.1) is 42.2 Å². The van der Waals surface area contributed by atoms with Crippen LogP contribution in [0.1, 0.15) is 26.3 Å². The van der Waals surface area contributed by atoms with Gasteiger partial charge in [0.2, 0.25) is 0 Å². The van der Waals surface area contributed by atoms with Gasteiger partial charge >= 0.3 is 0 Å². The highest BCUT2D eigenvalue weighted by atomic mass is 16.5. The van der Waals surface area contributed by atoms with E-state index in [0.717, 1.165) is 16.9 Å². The van der Waals surface area contributed by atoms with Crippen LogP contribution in [0.3, 0.4) is 0 Å². The van der Waals surface area contributed by atoms with Gasteiger partial charge < -0.3 is 14.4 Å². The van der Waals surface area contributed by atoms with Crippen LogP contribution in [0.4, 0.5) is 5.82 Å². The van der Waals surface area contributed by atoms with Crippen molar-refractivity contribution in [2.75, 3.05) is 31.2 Å². The Bertz CT molecular complexity index is 1210. The fourth-order valence-corrected chi connectivity index (χ4v) is 3.98. The average molecular weight is 447 g/mol. The number of hydrogen-bond donors (Lipinski definition) is 0. The number of anilines is 1. The molecule has 10 nitrogen and oxygen atoms in total. The molecule has 1 aliphatic rings. The smallest absolute Gasteiger partial charge is 0.138 e. The molecule has 3 aromatic heterocycles. The largest absolute Gasteiger partial charge is 0.492 e. The van der Waals surface area contributed by atoms with Crippen molar-refractivity contribution >= 4 is 11.3 Å². The van der Waals surface area contributed by atoms with E-state index in [1.807, 2.05) is 25.1 Å². The average Bonchev–Trinajstić information content (AvgIpc) is 3.41. The topological polar surface area (TPSA) is 124 Å². The lowest BCUT2D eigenvalue weighted by Crippen LogP contribution is -2.27. The zero-order valence-corrected chi connectivity index (χ0v) is 18.9. The standard InChI is InChI=1S/C23H26N8O2/c1-4-32-18-7-19(23-17(8-24)10-27-31(23)11-18)16-5-6-22(26-9-16)30-12-20(28-29-25)21(13-30)33-14-15(2)3/h5-7,9-11,15,20-21H,4,12-14H2,1-3H3/t20-,21-/m0/s1. The van der Waals surface area contributed by atoms with Crippen LogP contribution in [0.15, 0.2) is 41.9 Å². The quantitative estimate of drug-likeness (QED) is 0.290. The maximum absolute atomic E-state index is 9.52. The highest BCUT2D eigenvalue weighted by molar-refractivity contribution is 5.85. The van der Waals surface area contributed by atoms with Gasteiger partial charge in [-0.05, 0) is 36.6 Å². The number of hydrogen-bond acceptors (Lipinski definition) is 7. The van der Waals surface area contributed by atoms with E-state index in [2.05, 4.69) is 44.9 Å². The number of pyridine rings is 2. The van der Waals surface area contributed by atoms with Gasteiger partial charge in [-0.25, -0.2) is 9.50 Å². The molecule has 170 valence electrons. The Morgan fingerprint density at radius 1 is 1.33 bits per heavy atom. The van der Waals surface area contributed by atoms with Crippen LogP contribution in [0, 0.1) is 17.2 Å². The molecule has 1 fully saturated rings. The maximum Gasteiger partial charge on any atom is 0.138 e. The minimum Gasteiger partial charge on any atom is -0.492 e. The monoisotopic (exact) mass is 446 g/mol. The van der Waals surface area contributed by atoms with Crippen molar-refractivity contribution in [3.05, 3.63) is 52.8 Å². The molecule has 33 heavy (non-hydrogen) atoms. The number of nitriles is 1. The summed E-state index contributed by atoms with van der Waals surface area (Å²) < 4.78 is 13.3. The molecule has 0 unspecified atom stereocenters. The van der Waals surface area contributed by atoms with Crippen LogP contribution < -0.4 is 9.64 Å². The Morgan fingerprint density at radius 2 is 2.18 bits per heavy atom. The SMILES string of the molecule is CCOc1cc(-c2ccc(N3C[C@H](N=[N+]=[N-])[C@@H](OCC(C)C)C3)nc2)c2c(C#N)cnn2c1. The summed E-state index contributed by atoms with van der Waals surface area (Å²) >= 11 is 0. The summed E-state index contributed by atoms with van der Waals surface area (Å²) in [6, 6.07) is 7.74. The first-order chi connectivity index (χ1) is 16.0. The van der Waals surface area contributed by atoms with Gasteiger partial charge in [-0.15, -0.1) is 0 Å². The molecule has 4 rings (SSSR count). The van der Waals surface area contributed by atoms with Crippen LogP contribution in [0.25, 0.3) is 27.1 Å². The van der Waals surface area contributed by atoms with Crippen molar-refractivity contribution in [3.63, 3.8) is 0 Å². The summed E-state index contributed by atoms with van der Waals surface area (Å²) in [5, 5.41) is 17.7. The lowest BCUT2D eigenvalue weighted by Gasteiger charge is -2.18. The Labute approximate surface area is 192 Å². The summed E-state index contributed by atoms with van der Waals surface area (Å²) in [6.07, 6.45) is 4.92. The van der Waals surface area contributed by atoms with Crippen molar-refractivity contribution in [3.8, 4) is 22.9 Å². The normalized spacial score (nSPS) is 17.8. The highest BCUT2D eigenvalue weighted by Crippen LogP contribution is 2.32. The Balaban J connectivity index is 1.62. The molecule has 1 aliphatic heterocycles. The lowest BCUT2D eigenvalue weighted by molar-refractivity contribution is 0.0407. The zero-order valence-electron chi connectivity index (χ0n) is 18.9. The fourth-order valence-electron chi connectivity index (χ4n) is 3.98. The molecule has 2 atom stereocenters. The van der Waals surface area contributed by atoms with Crippen LogP contribution >= 0.6 is 0 Å². The second kappa shape index (κ2) is 9.77. The molecule has 0 radical (unpaired) electrons. The molecule has 0 amide bonds. The molecular weight excluding hydrogens is 420 g/mol. The zero-order chi connectivity index (χ0) is 23.4. The fraction of sp³-hybridized carbons (Fsp3) is 0.435. The predicted octanol–water partition coefficient (Wildman–Crippen LogP) is 4.21. The Hall–Kier alpha value is -3.80. The third-order valence-corrected chi connectivity index (χ3v) is 5.48. The molecule has 0 spiro atoms.